The Bertz CT molecular complexity index is 852. The largest absolute Gasteiger partial charge is 0.493 e. The average molecular weight is 314 g/mol. The van der Waals surface area contributed by atoms with Crippen LogP contribution in [0.1, 0.15) is 22.8 Å². The van der Waals surface area contributed by atoms with Crippen molar-refractivity contribution in [3.8, 4) is 17.0 Å². The number of H-pyrrole nitrogens is 1. The molecule has 0 aliphatic rings. The minimum absolute atomic E-state index is 0.568. The number of carbonyl (C=O) groups excluding carboxylic acids is 1. The maximum absolute atomic E-state index is 11.7. The van der Waals surface area contributed by atoms with Crippen LogP contribution >= 0.6 is 11.6 Å². The number of hydrogen-bond donors (Lipinski definition) is 1. The quantitative estimate of drug-likeness (QED) is 0.688. The number of halogens is 1. The van der Waals surface area contributed by atoms with Gasteiger partial charge in [-0.05, 0) is 43.7 Å². The molecule has 0 unspecified atom stereocenters. The van der Waals surface area contributed by atoms with Crippen LogP contribution < -0.4 is 4.74 Å². The summed E-state index contributed by atoms with van der Waals surface area (Å²) in [5.74, 6) is 0.753. The standard InChI is InChI=1S/C18H16ClNO2/c1-3-22-16-7-5-4-6-13(16)18-15(10-21)14-9-12(19)8-11(2)17(14)20-18/h4-10,20H,3H2,1-2H3. The number of hydrogen-bond acceptors (Lipinski definition) is 2. The molecule has 3 nitrogen and oxygen atoms in total. The molecule has 0 fully saturated rings. The normalized spacial score (nSPS) is 10.9. The van der Waals surface area contributed by atoms with Crippen LogP contribution in [0.25, 0.3) is 22.2 Å². The molecule has 3 aromatic rings. The topological polar surface area (TPSA) is 42.1 Å². The van der Waals surface area contributed by atoms with Crippen LogP contribution in [-0.2, 0) is 0 Å². The van der Waals surface area contributed by atoms with Crippen molar-refractivity contribution in [1.82, 2.24) is 4.98 Å². The number of aromatic amines is 1. The fourth-order valence-corrected chi connectivity index (χ4v) is 3.01. The third-order valence-corrected chi connectivity index (χ3v) is 3.90. The van der Waals surface area contributed by atoms with Crippen molar-refractivity contribution >= 4 is 28.8 Å². The summed E-state index contributed by atoms with van der Waals surface area (Å²) in [4.78, 5) is 15.0. The zero-order chi connectivity index (χ0) is 15.7. The molecular weight excluding hydrogens is 298 g/mol. The maximum Gasteiger partial charge on any atom is 0.152 e. The van der Waals surface area contributed by atoms with Crippen molar-refractivity contribution in [1.29, 1.82) is 0 Å². The predicted octanol–water partition coefficient (Wildman–Crippen LogP) is 5.01. The number of para-hydroxylation sites is 1. The molecule has 1 aromatic heterocycles. The van der Waals surface area contributed by atoms with E-state index in [2.05, 4.69) is 4.98 Å². The first-order valence-corrected chi connectivity index (χ1v) is 7.52. The summed E-state index contributed by atoms with van der Waals surface area (Å²) in [7, 11) is 0. The molecule has 2 aromatic carbocycles. The van der Waals surface area contributed by atoms with Crippen molar-refractivity contribution in [2.75, 3.05) is 6.61 Å². The number of fused-ring (bicyclic) bond motifs is 1. The molecule has 4 heteroatoms. The third-order valence-electron chi connectivity index (χ3n) is 3.68. The molecule has 112 valence electrons. The van der Waals surface area contributed by atoms with E-state index in [1.807, 2.05) is 50.2 Å². The molecule has 0 atom stereocenters. The van der Waals surface area contributed by atoms with Crippen LogP contribution in [0.15, 0.2) is 36.4 Å². The van der Waals surface area contributed by atoms with E-state index in [1.54, 1.807) is 0 Å². The van der Waals surface area contributed by atoms with Gasteiger partial charge in [-0.1, -0.05) is 23.7 Å². The van der Waals surface area contributed by atoms with Crippen LogP contribution in [0.2, 0.25) is 5.02 Å². The van der Waals surface area contributed by atoms with Gasteiger partial charge in [-0.2, -0.15) is 0 Å². The molecule has 1 N–H and O–H groups in total. The smallest absolute Gasteiger partial charge is 0.152 e. The molecule has 0 aliphatic heterocycles. The number of aryl methyl sites for hydroxylation is 1. The number of benzene rings is 2. The highest BCUT2D eigenvalue weighted by Gasteiger charge is 2.17. The van der Waals surface area contributed by atoms with Crippen molar-refractivity contribution < 1.29 is 9.53 Å². The molecule has 0 saturated carbocycles. The van der Waals surface area contributed by atoms with Crippen LogP contribution in [0, 0.1) is 6.92 Å². The van der Waals surface area contributed by atoms with E-state index >= 15 is 0 Å². The summed E-state index contributed by atoms with van der Waals surface area (Å²) in [6, 6.07) is 11.4. The highest BCUT2D eigenvalue weighted by Crippen LogP contribution is 2.36. The van der Waals surface area contributed by atoms with E-state index in [0.717, 1.165) is 39.8 Å². The van der Waals surface area contributed by atoms with E-state index in [1.165, 1.54) is 0 Å². The first-order valence-electron chi connectivity index (χ1n) is 7.15. The summed E-state index contributed by atoms with van der Waals surface area (Å²) in [6.07, 6.45) is 0.868. The monoisotopic (exact) mass is 313 g/mol. The summed E-state index contributed by atoms with van der Waals surface area (Å²) < 4.78 is 5.68. The van der Waals surface area contributed by atoms with Gasteiger partial charge in [-0.15, -0.1) is 0 Å². The summed E-state index contributed by atoms with van der Waals surface area (Å²) >= 11 is 6.13. The fourth-order valence-electron chi connectivity index (χ4n) is 2.74. The van der Waals surface area contributed by atoms with Crippen LogP contribution in [0.5, 0.6) is 5.75 Å². The Balaban J connectivity index is 2.32. The summed E-state index contributed by atoms with van der Waals surface area (Å²) in [5, 5.41) is 1.46. The summed E-state index contributed by atoms with van der Waals surface area (Å²) in [6.45, 7) is 4.47. The van der Waals surface area contributed by atoms with Crippen molar-refractivity contribution in [2.24, 2.45) is 0 Å². The Labute approximate surface area is 133 Å². The lowest BCUT2D eigenvalue weighted by atomic mass is 10.0. The second-order valence-corrected chi connectivity index (χ2v) is 5.54. The van der Waals surface area contributed by atoms with E-state index in [-0.39, 0.29) is 0 Å². The lowest BCUT2D eigenvalue weighted by Gasteiger charge is -2.09. The summed E-state index contributed by atoms with van der Waals surface area (Å²) in [5.41, 5.74) is 4.17. The van der Waals surface area contributed by atoms with Crippen LogP contribution in [0.4, 0.5) is 0 Å². The Morgan fingerprint density at radius 1 is 1.27 bits per heavy atom. The maximum atomic E-state index is 11.7. The Morgan fingerprint density at radius 3 is 2.77 bits per heavy atom. The molecular formula is C18H16ClNO2. The number of rotatable bonds is 4. The molecule has 0 saturated heterocycles. The van der Waals surface area contributed by atoms with E-state index in [9.17, 15) is 4.79 Å². The van der Waals surface area contributed by atoms with Gasteiger partial charge >= 0.3 is 0 Å². The first-order chi connectivity index (χ1) is 10.7. The van der Waals surface area contributed by atoms with E-state index in [0.29, 0.717) is 17.2 Å². The molecule has 22 heavy (non-hydrogen) atoms. The second-order valence-electron chi connectivity index (χ2n) is 5.11. The first kappa shape index (κ1) is 14.7. The van der Waals surface area contributed by atoms with Gasteiger partial charge in [0.25, 0.3) is 0 Å². The molecule has 0 bridgehead atoms. The van der Waals surface area contributed by atoms with Crippen molar-refractivity contribution in [2.45, 2.75) is 13.8 Å². The van der Waals surface area contributed by atoms with Gasteiger partial charge in [0.1, 0.15) is 5.75 Å². The number of ether oxygens (including phenoxy) is 1. The van der Waals surface area contributed by atoms with Gasteiger partial charge in [0.15, 0.2) is 6.29 Å². The zero-order valence-electron chi connectivity index (χ0n) is 12.4. The zero-order valence-corrected chi connectivity index (χ0v) is 13.2. The minimum Gasteiger partial charge on any atom is -0.493 e. The highest BCUT2D eigenvalue weighted by atomic mass is 35.5. The van der Waals surface area contributed by atoms with Crippen LogP contribution in [-0.4, -0.2) is 17.9 Å². The Hall–Kier alpha value is -2.26. The van der Waals surface area contributed by atoms with Gasteiger partial charge in [-0.25, -0.2) is 0 Å². The van der Waals surface area contributed by atoms with Gasteiger partial charge in [0.05, 0.1) is 12.3 Å². The predicted molar refractivity (Wildman–Crippen MR) is 90.0 cm³/mol. The number of nitrogens with one attached hydrogen (secondary N) is 1. The van der Waals surface area contributed by atoms with Gasteiger partial charge in [-0.3, -0.25) is 4.79 Å². The molecule has 1 heterocycles. The molecule has 0 amide bonds. The van der Waals surface area contributed by atoms with E-state index < -0.39 is 0 Å². The Kier molecular flexibility index (Phi) is 3.90. The number of aldehydes is 1. The Morgan fingerprint density at radius 2 is 2.05 bits per heavy atom. The number of aromatic nitrogens is 1. The highest BCUT2D eigenvalue weighted by molar-refractivity contribution is 6.31. The molecule has 0 radical (unpaired) electrons. The molecule has 0 spiro atoms. The lowest BCUT2D eigenvalue weighted by molar-refractivity contribution is 0.112. The fraction of sp³-hybridized carbons (Fsp3) is 0.167. The molecule has 0 aliphatic carbocycles. The van der Waals surface area contributed by atoms with Gasteiger partial charge < -0.3 is 9.72 Å². The lowest BCUT2D eigenvalue weighted by Crippen LogP contribution is -1.95. The SMILES string of the molecule is CCOc1ccccc1-c1[nH]c2c(C)cc(Cl)cc2c1C=O. The third kappa shape index (κ3) is 2.38. The minimum atomic E-state index is 0.568. The average Bonchev–Trinajstić information content (AvgIpc) is 2.86. The van der Waals surface area contributed by atoms with Crippen molar-refractivity contribution in [3.05, 3.63) is 52.5 Å². The van der Waals surface area contributed by atoms with E-state index in [4.69, 9.17) is 16.3 Å². The second kappa shape index (κ2) is 5.85. The van der Waals surface area contributed by atoms with Gasteiger partial charge in [0.2, 0.25) is 0 Å². The number of carbonyl (C=O) groups is 1. The van der Waals surface area contributed by atoms with Gasteiger partial charge in [0, 0.05) is 27.1 Å². The van der Waals surface area contributed by atoms with Crippen molar-refractivity contribution in [3.63, 3.8) is 0 Å². The van der Waals surface area contributed by atoms with Crippen LogP contribution in [0.3, 0.4) is 0 Å². The molecule has 3 rings (SSSR count).